The maximum atomic E-state index is 10.5. The molecule has 0 radical (unpaired) electrons. The van der Waals surface area contributed by atoms with E-state index in [2.05, 4.69) is 10.2 Å². The van der Waals surface area contributed by atoms with Gasteiger partial charge in [-0.05, 0) is 13.3 Å². The lowest BCUT2D eigenvalue weighted by atomic mass is 10.3. The van der Waals surface area contributed by atoms with Crippen LogP contribution in [0.1, 0.15) is 24.1 Å². The van der Waals surface area contributed by atoms with Crippen molar-refractivity contribution in [1.82, 2.24) is 4.57 Å². The van der Waals surface area contributed by atoms with Crippen LogP contribution in [0.15, 0.2) is 40.1 Å². The second-order valence-electron chi connectivity index (χ2n) is 5.40. The number of pyridine rings is 1. The molecule has 7 nitrogen and oxygen atoms in total. The SMILES string of the molecule is Cc1csc(=NN=Cc2cc[n+](CCCCS(=O)(=O)[O-])cc2)n1C. The molecule has 0 aromatic carbocycles. The number of thiazole rings is 1. The Bertz CT molecular complexity index is 865. The summed E-state index contributed by atoms with van der Waals surface area (Å²) in [7, 11) is -2.16. The zero-order valence-corrected chi connectivity index (χ0v) is 15.3. The van der Waals surface area contributed by atoms with E-state index in [0.29, 0.717) is 19.4 Å². The predicted octanol–water partition coefficient (Wildman–Crippen LogP) is 0.943. The fourth-order valence-corrected chi connectivity index (χ4v) is 3.35. The van der Waals surface area contributed by atoms with Gasteiger partial charge < -0.3 is 9.12 Å². The van der Waals surface area contributed by atoms with Crippen LogP contribution < -0.4 is 9.37 Å². The highest BCUT2D eigenvalue weighted by Gasteiger charge is 2.02. The first-order valence-corrected chi connectivity index (χ1v) is 9.92. The van der Waals surface area contributed by atoms with Crippen molar-refractivity contribution >= 4 is 27.7 Å². The molecule has 0 bridgehead atoms. The lowest BCUT2D eigenvalue weighted by Crippen LogP contribution is -2.32. The van der Waals surface area contributed by atoms with Gasteiger partial charge in [0.15, 0.2) is 12.4 Å². The Morgan fingerprint density at radius 1 is 1.33 bits per heavy atom. The van der Waals surface area contributed by atoms with E-state index >= 15 is 0 Å². The summed E-state index contributed by atoms with van der Waals surface area (Å²) in [6, 6.07) is 3.81. The van der Waals surface area contributed by atoms with Crippen LogP contribution in [0.25, 0.3) is 0 Å². The van der Waals surface area contributed by atoms with Crippen LogP contribution in [0.4, 0.5) is 0 Å². The lowest BCUT2D eigenvalue weighted by molar-refractivity contribution is -0.697. The van der Waals surface area contributed by atoms with E-state index in [9.17, 15) is 13.0 Å². The Hall–Kier alpha value is -1.84. The topological polar surface area (TPSA) is 90.7 Å². The molecule has 0 aliphatic rings. The van der Waals surface area contributed by atoms with E-state index in [1.165, 1.54) is 0 Å². The van der Waals surface area contributed by atoms with Gasteiger partial charge >= 0.3 is 0 Å². The minimum atomic E-state index is -4.11. The number of hydrogen-bond donors (Lipinski definition) is 0. The molecule has 0 fully saturated rings. The van der Waals surface area contributed by atoms with Gasteiger partial charge in [0.05, 0.1) is 16.3 Å². The van der Waals surface area contributed by atoms with E-state index < -0.39 is 10.1 Å². The van der Waals surface area contributed by atoms with Crippen LogP contribution in [0.2, 0.25) is 0 Å². The van der Waals surface area contributed by atoms with Crippen LogP contribution in [0, 0.1) is 6.92 Å². The molecule has 0 spiro atoms. The standard InChI is InChI=1S/C15H20N4O3S2/c1-13-12-23-15(18(13)2)17-16-11-14-5-8-19(9-6-14)7-3-4-10-24(20,21)22/h5-6,8-9,11-12H,3-4,7,10H2,1-2H3. The van der Waals surface area contributed by atoms with Gasteiger partial charge in [-0.1, -0.05) is 0 Å². The number of aromatic nitrogens is 2. The van der Waals surface area contributed by atoms with Gasteiger partial charge in [0, 0.05) is 48.0 Å². The molecule has 2 aromatic heterocycles. The average Bonchev–Trinajstić information content (AvgIpc) is 2.84. The molecule has 0 N–H and O–H groups in total. The van der Waals surface area contributed by atoms with Gasteiger partial charge in [0.1, 0.15) is 6.54 Å². The van der Waals surface area contributed by atoms with Crippen LogP contribution in [0.3, 0.4) is 0 Å². The summed E-state index contributed by atoms with van der Waals surface area (Å²) in [6.45, 7) is 2.68. The fourth-order valence-electron chi connectivity index (χ4n) is 1.96. The minimum absolute atomic E-state index is 0.306. The van der Waals surface area contributed by atoms with E-state index in [4.69, 9.17) is 0 Å². The summed E-state index contributed by atoms with van der Waals surface area (Å²) < 4.78 is 35.5. The van der Waals surface area contributed by atoms with Crippen molar-refractivity contribution in [1.29, 1.82) is 0 Å². The Morgan fingerprint density at radius 2 is 2.04 bits per heavy atom. The second kappa shape index (κ2) is 8.32. The second-order valence-corrected chi connectivity index (χ2v) is 7.76. The van der Waals surface area contributed by atoms with Crippen molar-refractivity contribution < 1.29 is 17.5 Å². The molecule has 0 saturated heterocycles. The van der Waals surface area contributed by atoms with Gasteiger partial charge in [0.2, 0.25) is 4.80 Å². The molecular formula is C15H20N4O3S2. The smallest absolute Gasteiger partial charge is 0.210 e. The first-order chi connectivity index (χ1) is 11.3. The predicted molar refractivity (Wildman–Crippen MR) is 91.6 cm³/mol. The lowest BCUT2D eigenvalue weighted by Gasteiger charge is -2.04. The highest BCUT2D eigenvalue weighted by atomic mass is 32.2. The van der Waals surface area contributed by atoms with Crippen molar-refractivity contribution in [2.75, 3.05) is 5.75 Å². The van der Waals surface area contributed by atoms with Crippen LogP contribution >= 0.6 is 11.3 Å². The Balaban J connectivity index is 1.89. The van der Waals surface area contributed by atoms with Crippen LogP contribution in [-0.2, 0) is 23.7 Å². The van der Waals surface area contributed by atoms with E-state index in [1.807, 2.05) is 53.0 Å². The van der Waals surface area contributed by atoms with Crippen molar-refractivity contribution in [3.63, 3.8) is 0 Å². The quantitative estimate of drug-likeness (QED) is 0.239. The molecule has 2 aromatic rings. The minimum Gasteiger partial charge on any atom is -0.748 e. The summed E-state index contributed by atoms with van der Waals surface area (Å²) in [4.78, 5) is 0.836. The summed E-state index contributed by atoms with van der Waals surface area (Å²) in [5, 5.41) is 10.3. The molecule has 9 heteroatoms. The molecule has 0 atom stereocenters. The maximum absolute atomic E-state index is 10.5. The van der Waals surface area contributed by atoms with Gasteiger partial charge in [-0.15, -0.1) is 16.4 Å². The van der Waals surface area contributed by atoms with E-state index in [-0.39, 0.29) is 5.75 Å². The number of unbranched alkanes of at least 4 members (excludes halogenated alkanes) is 1. The van der Waals surface area contributed by atoms with Crippen molar-refractivity contribution in [2.45, 2.75) is 26.3 Å². The number of rotatable bonds is 7. The molecule has 0 saturated carbocycles. The van der Waals surface area contributed by atoms with Gasteiger partial charge in [-0.2, -0.15) is 5.10 Å². The molecule has 0 aliphatic heterocycles. The summed E-state index contributed by atoms with van der Waals surface area (Å²) in [5.74, 6) is -0.306. The van der Waals surface area contributed by atoms with Crippen LogP contribution in [0.5, 0.6) is 0 Å². The third-order valence-corrected chi connectivity index (χ3v) is 5.29. The molecule has 130 valence electrons. The summed E-state index contributed by atoms with van der Waals surface area (Å²) in [6.07, 6.45) is 6.48. The molecule has 0 amide bonds. The summed E-state index contributed by atoms with van der Waals surface area (Å²) in [5.41, 5.74) is 2.06. The Labute approximate surface area is 145 Å². The van der Waals surface area contributed by atoms with Gasteiger partial charge in [-0.3, -0.25) is 0 Å². The van der Waals surface area contributed by atoms with Gasteiger partial charge in [0.25, 0.3) is 0 Å². The number of hydrogen-bond acceptors (Lipinski definition) is 6. The number of nitrogens with zero attached hydrogens (tertiary/aromatic N) is 4. The highest BCUT2D eigenvalue weighted by Crippen LogP contribution is 1.97. The van der Waals surface area contributed by atoms with Crippen LogP contribution in [-0.4, -0.2) is 29.5 Å². The van der Waals surface area contributed by atoms with Crippen molar-refractivity contribution in [3.05, 3.63) is 46.0 Å². The molecular weight excluding hydrogens is 348 g/mol. The summed E-state index contributed by atoms with van der Waals surface area (Å²) >= 11 is 1.54. The Morgan fingerprint density at radius 3 is 2.62 bits per heavy atom. The number of aryl methyl sites for hydroxylation is 2. The van der Waals surface area contributed by atoms with E-state index in [1.54, 1.807) is 17.6 Å². The largest absolute Gasteiger partial charge is 0.748 e. The molecule has 2 heterocycles. The zero-order valence-electron chi connectivity index (χ0n) is 13.6. The first kappa shape index (κ1) is 18.5. The first-order valence-electron chi connectivity index (χ1n) is 7.46. The van der Waals surface area contributed by atoms with Gasteiger partial charge in [-0.25, -0.2) is 13.0 Å². The molecule has 24 heavy (non-hydrogen) atoms. The van der Waals surface area contributed by atoms with Crippen molar-refractivity contribution in [3.8, 4) is 0 Å². The molecule has 2 rings (SSSR count). The molecule has 0 unspecified atom stereocenters. The third-order valence-electron chi connectivity index (χ3n) is 3.48. The third kappa shape index (κ3) is 5.99. The highest BCUT2D eigenvalue weighted by molar-refractivity contribution is 7.85. The average molecular weight is 368 g/mol. The molecule has 0 aliphatic carbocycles. The van der Waals surface area contributed by atoms with Crippen molar-refractivity contribution in [2.24, 2.45) is 17.3 Å². The zero-order chi connectivity index (χ0) is 17.6. The fraction of sp³-hybridized carbons (Fsp3) is 0.400. The maximum Gasteiger partial charge on any atom is 0.210 e. The monoisotopic (exact) mass is 368 g/mol. The van der Waals surface area contributed by atoms with E-state index in [0.717, 1.165) is 16.1 Å². The Kier molecular flexibility index (Phi) is 6.41. The normalized spacial score (nSPS) is 13.0.